The van der Waals surface area contributed by atoms with Crippen molar-refractivity contribution in [2.45, 2.75) is 25.9 Å². The highest BCUT2D eigenvalue weighted by Gasteiger charge is 2.44. The van der Waals surface area contributed by atoms with E-state index in [9.17, 15) is 9.36 Å². The Morgan fingerprint density at radius 1 is 1.20 bits per heavy atom. The molecule has 0 bridgehead atoms. The summed E-state index contributed by atoms with van der Waals surface area (Å²) in [4.78, 5) is 12.3. The zero-order valence-corrected chi connectivity index (χ0v) is 14.9. The van der Waals surface area contributed by atoms with Crippen LogP contribution in [0.2, 0.25) is 0 Å². The van der Waals surface area contributed by atoms with E-state index in [0.29, 0.717) is 18.3 Å². The number of hydrogen-bond donors (Lipinski definition) is 2. The van der Waals surface area contributed by atoms with Crippen molar-refractivity contribution in [3.8, 4) is 0 Å². The molecule has 25 heavy (non-hydrogen) atoms. The van der Waals surface area contributed by atoms with Crippen molar-refractivity contribution in [3.63, 3.8) is 0 Å². The molecule has 1 heterocycles. The molecule has 0 aliphatic carbocycles. The molecule has 1 aliphatic rings. The smallest absolute Gasteiger partial charge is 0.303 e. The third-order valence-electron chi connectivity index (χ3n) is 4.36. The largest absolute Gasteiger partial charge is 0.314 e. The van der Waals surface area contributed by atoms with Gasteiger partial charge in [-0.05, 0) is 36.6 Å². The van der Waals surface area contributed by atoms with Gasteiger partial charge in [0, 0.05) is 6.54 Å². The molecular weight excluding hydrogens is 339 g/mol. The first-order valence-corrected chi connectivity index (χ1v) is 9.76. The molecule has 0 saturated heterocycles. The van der Waals surface area contributed by atoms with E-state index in [1.54, 1.807) is 41.3 Å². The van der Waals surface area contributed by atoms with Gasteiger partial charge in [0.05, 0.1) is 11.9 Å². The topological polar surface area (TPSA) is 78.9 Å². The zero-order valence-electron chi connectivity index (χ0n) is 14.0. The van der Waals surface area contributed by atoms with Crippen molar-refractivity contribution >= 4 is 18.7 Å². The third kappa shape index (κ3) is 3.39. The second kappa shape index (κ2) is 7.50. The fraction of sp³-hybridized carbons (Fsp3) is 0.278. The lowest BCUT2D eigenvalue weighted by Gasteiger charge is -2.39. The third-order valence-corrected chi connectivity index (χ3v) is 7.02. The average Bonchev–Trinajstić information content (AvgIpc) is 2.67. The maximum atomic E-state index is 13.9. The molecule has 7 heteroatoms. The summed E-state index contributed by atoms with van der Waals surface area (Å²) in [6.45, 7) is 2.33. The van der Waals surface area contributed by atoms with Crippen molar-refractivity contribution in [1.82, 2.24) is 10.2 Å². The maximum Gasteiger partial charge on any atom is 0.303 e. The quantitative estimate of drug-likeness (QED) is 0.487. The minimum atomic E-state index is -3.46. The van der Waals surface area contributed by atoms with E-state index in [-0.39, 0.29) is 6.61 Å². The summed E-state index contributed by atoms with van der Waals surface area (Å²) in [5, 5.41) is 9.70. The molecule has 2 atom stereocenters. The standard InChI is InChI=1S/C18H21N2O4P/c1-2-24-25(23,16-10-4-3-5-11-16)20-13-15-9-7-6-8-14(15)12-17(20)18(21)19-22/h3-11,17,22H,2,12-13H2,1H3,(H,19,21)/t17-,25?/m1/s1. The highest BCUT2D eigenvalue weighted by Crippen LogP contribution is 2.53. The van der Waals surface area contributed by atoms with Crippen molar-refractivity contribution in [1.29, 1.82) is 0 Å². The number of nitrogens with one attached hydrogen (secondary N) is 1. The summed E-state index contributed by atoms with van der Waals surface area (Å²) >= 11 is 0. The predicted molar refractivity (Wildman–Crippen MR) is 94.7 cm³/mol. The molecule has 0 fully saturated rings. The fourth-order valence-corrected chi connectivity index (χ4v) is 5.56. The van der Waals surface area contributed by atoms with Gasteiger partial charge in [0.2, 0.25) is 0 Å². The summed E-state index contributed by atoms with van der Waals surface area (Å²) < 4.78 is 21.2. The molecule has 2 N–H and O–H groups in total. The molecule has 0 saturated carbocycles. The second-order valence-corrected chi connectivity index (χ2v) is 8.17. The molecule has 6 nitrogen and oxygen atoms in total. The van der Waals surface area contributed by atoms with Gasteiger partial charge in [-0.25, -0.2) is 10.2 Å². The maximum absolute atomic E-state index is 13.9. The Hall–Kier alpha value is -1.98. The van der Waals surface area contributed by atoms with Gasteiger partial charge in [0.15, 0.2) is 0 Å². The molecule has 1 aliphatic heterocycles. The van der Waals surface area contributed by atoms with Crippen LogP contribution in [0.25, 0.3) is 0 Å². The lowest BCUT2D eigenvalue weighted by molar-refractivity contribution is -0.133. The number of rotatable bonds is 5. The first-order valence-electron chi connectivity index (χ1n) is 8.18. The van der Waals surface area contributed by atoms with E-state index < -0.39 is 19.5 Å². The number of fused-ring (bicyclic) bond motifs is 1. The van der Waals surface area contributed by atoms with Crippen LogP contribution >= 0.6 is 7.52 Å². The fourth-order valence-electron chi connectivity index (χ4n) is 3.18. The second-order valence-electron chi connectivity index (χ2n) is 5.84. The Labute approximate surface area is 146 Å². The van der Waals surface area contributed by atoms with Gasteiger partial charge in [-0.3, -0.25) is 14.6 Å². The Morgan fingerprint density at radius 2 is 1.84 bits per heavy atom. The number of carbonyl (C=O) groups excluding carboxylic acids is 1. The highest BCUT2D eigenvalue weighted by molar-refractivity contribution is 7.64. The highest BCUT2D eigenvalue weighted by atomic mass is 31.2. The molecule has 132 valence electrons. The molecule has 1 unspecified atom stereocenters. The van der Waals surface area contributed by atoms with Crippen LogP contribution in [0.1, 0.15) is 18.1 Å². The van der Waals surface area contributed by atoms with Crippen LogP contribution in [0.4, 0.5) is 0 Å². The molecule has 0 aromatic heterocycles. The zero-order chi connectivity index (χ0) is 17.9. The molecular formula is C18H21N2O4P. The van der Waals surface area contributed by atoms with E-state index in [2.05, 4.69) is 0 Å². The van der Waals surface area contributed by atoms with Crippen LogP contribution in [0.3, 0.4) is 0 Å². The van der Waals surface area contributed by atoms with E-state index in [1.807, 2.05) is 30.3 Å². The van der Waals surface area contributed by atoms with Gasteiger partial charge in [0.25, 0.3) is 5.91 Å². The summed E-state index contributed by atoms with van der Waals surface area (Å²) in [6.07, 6.45) is 0.354. The first kappa shape index (κ1) is 17.8. The molecule has 1 amide bonds. The number of hydroxylamine groups is 1. The van der Waals surface area contributed by atoms with Gasteiger partial charge >= 0.3 is 7.52 Å². The van der Waals surface area contributed by atoms with Gasteiger partial charge in [-0.1, -0.05) is 42.5 Å². The number of hydrogen-bond acceptors (Lipinski definition) is 4. The van der Waals surface area contributed by atoms with Crippen LogP contribution in [-0.2, 0) is 26.8 Å². The average molecular weight is 360 g/mol. The van der Waals surface area contributed by atoms with Crippen LogP contribution in [0.5, 0.6) is 0 Å². The lowest BCUT2D eigenvalue weighted by Crippen LogP contribution is -2.49. The van der Waals surface area contributed by atoms with Crippen LogP contribution in [-0.4, -0.2) is 28.4 Å². The summed E-state index contributed by atoms with van der Waals surface area (Å²) in [5.41, 5.74) is 3.71. The van der Waals surface area contributed by atoms with Crippen molar-refractivity contribution < 1.29 is 19.1 Å². The van der Waals surface area contributed by atoms with E-state index in [1.165, 1.54) is 0 Å². The molecule has 3 rings (SSSR count). The van der Waals surface area contributed by atoms with Gasteiger partial charge in [0.1, 0.15) is 6.04 Å². The van der Waals surface area contributed by atoms with Crippen LogP contribution in [0, 0.1) is 0 Å². The van der Waals surface area contributed by atoms with Crippen molar-refractivity contribution in [2.24, 2.45) is 0 Å². The van der Waals surface area contributed by atoms with E-state index in [0.717, 1.165) is 11.1 Å². The van der Waals surface area contributed by atoms with Crippen LogP contribution < -0.4 is 10.8 Å². The van der Waals surface area contributed by atoms with Crippen molar-refractivity contribution in [2.75, 3.05) is 6.61 Å². The Bertz CT molecular complexity index is 797. The number of benzene rings is 2. The van der Waals surface area contributed by atoms with E-state index >= 15 is 0 Å². The molecule has 2 aromatic rings. The van der Waals surface area contributed by atoms with E-state index in [4.69, 9.17) is 9.73 Å². The summed E-state index contributed by atoms with van der Waals surface area (Å²) in [6, 6.07) is 15.8. The molecule has 0 spiro atoms. The number of amides is 1. The Morgan fingerprint density at radius 3 is 2.48 bits per heavy atom. The van der Waals surface area contributed by atoms with Gasteiger partial charge < -0.3 is 4.52 Å². The Kier molecular flexibility index (Phi) is 5.35. The Balaban J connectivity index is 2.09. The lowest BCUT2D eigenvalue weighted by atomic mass is 9.95. The minimum absolute atomic E-state index is 0.248. The van der Waals surface area contributed by atoms with Gasteiger partial charge in [-0.2, -0.15) is 0 Å². The molecule has 0 radical (unpaired) electrons. The monoisotopic (exact) mass is 360 g/mol. The van der Waals surface area contributed by atoms with Crippen LogP contribution in [0.15, 0.2) is 54.6 Å². The first-order chi connectivity index (χ1) is 12.1. The minimum Gasteiger partial charge on any atom is -0.314 e. The number of carbonyl (C=O) groups is 1. The normalized spacial score (nSPS) is 19.7. The molecule has 2 aromatic carbocycles. The van der Waals surface area contributed by atoms with Gasteiger partial charge in [-0.15, -0.1) is 0 Å². The predicted octanol–water partition coefficient (Wildman–Crippen LogP) is 2.47. The van der Waals surface area contributed by atoms with Crippen molar-refractivity contribution in [3.05, 3.63) is 65.7 Å². The SMILES string of the molecule is CCOP(=O)(c1ccccc1)N1Cc2ccccc2C[C@@H]1C(=O)NO. The number of nitrogens with zero attached hydrogens (tertiary/aromatic N) is 1. The summed E-state index contributed by atoms with van der Waals surface area (Å²) in [5.74, 6) is -0.592. The summed E-state index contributed by atoms with van der Waals surface area (Å²) in [7, 11) is -3.46.